The summed E-state index contributed by atoms with van der Waals surface area (Å²) in [5, 5.41) is 7.10. The quantitative estimate of drug-likeness (QED) is 0.742. The van der Waals surface area contributed by atoms with Crippen LogP contribution in [0.2, 0.25) is 0 Å². The SMILES string of the molecule is O=C(NCc1ccccn1)C1CN(c2cc(-n3cccn3)ncn2)C1. The number of pyridine rings is 1. The number of hydrogen-bond acceptors (Lipinski definition) is 6. The Kier molecular flexibility index (Phi) is 4.07. The van der Waals surface area contributed by atoms with Gasteiger partial charge in [0.15, 0.2) is 5.82 Å². The molecule has 0 radical (unpaired) electrons. The smallest absolute Gasteiger partial charge is 0.227 e. The number of hydrogen-bond donors (Lipinski definition) is 1. The van der Waals surface area contributed by atoms with Crippen molar-refractivity contribution >= 4 is 11.7 Å². The highest BCUT2D eigenvalue weighted by atomic mass is 16.2. The summed E-state index contributed by atoms with van der Waals surface area (Å²) in [5.41, 5.74) is 0.853. The number of nitrogens with one attached hydrogen (secondary N) is 1. The van der Waals surface area contributed by atoms with Crippen molar-refractivity contribution in [3.63, 3.8) is 0 Å². The van der Waals surface area contributed by atoms with Gasteiger partial charge in [-0.15, -0.1) is 0 Å². The van der Waals surface area contributed by atoms with Crippen molar-refractivity contribution in [1.29, 1.82) is 0 Å². The second-order valence-corrected chi connectivity index (χ2v) is 5.83. The lowest BCUT2D eigenvalue weighted by Gasteiger charge is -2.39. The molecule has 1 fully saturated rings. The van der Waals surface area contributed by atoms with E-state index in [9.17, 15) is 4.79 Å². The molecule has 1 aliphatic rings. The predicted molar refractivity (Wildman–Crippen MR) is 90.9 cm³/mol. The lowest BCUT2D eigenvalue weighted by atomic mass is 9.99. The maximum Gasteiger partial charge on any atom is 0.227 e. The molecule has 0 unspecified atom stereocenters. The summed E-state index contributed by atoms with van der Waals surface area (Å²) in [6.07, 6.45) is 6.77. The van der Waals surface area contributed by atoms with E-state index in [1.807, 2.05) is 36.5 Å². The van der Waals surface area contributed by atoms with E-state index in [0.717, 1.165) is 11.5 Å². The Morgan fingerprint density at radius 1 is 1.12 bits per heavy atom. The fraction of sp³-hybridized carbons (Fsp3) is 0.235. The number of carbonyl (C=O) groups is 1. The van der Waals surface area contributed by atoms with Crippen LogP contribution in [0.3, 0.4) is 0 Å². The zero-order chi connectivity index (χ0) is 17.1. The summed E-state index contributed by atoms with van der Waals surface area (Å²) in [6.45, 7) is 1.74. The lowest BCUT2D eigenvalue weighted by Crippen LogP contribution is -2.54. The largest absolute Gasteiger partial charge is 0.355 e. The zero-order valence-electron chi connectivity index (χ0n) is 13.5. The molecule has 8 heteroatoms. The molecule has 1 amide bonds. The molecule has 4 heterocycles. The van der Waals surface area contributed by atoms with Crippen molar-refractivity contribution in [3.05, 3.63) is 60.9 Å². The van der Waals surface area contributed by atoms with Crippen molar-refractivity contribution in [1.82, 2.24) is 30.0 Å². The molecule has 3 aromatic heterocycles. The second-order valence-electron chi connectivity index (χ2n) is 5.83. The van der Waals surface area contributed by atoms with Gasteiger partial charge in [0.05, 0.1) is 18.2 Å². The summed E-state index contributed by atoms with van der Waals surface area (Å²) < 4.78 is 1.68. The van der Waals surface area contributed by atoms with Crippen LogP contribution < -0.4 is 10.2 Å². The molecule has 0 spiro atoms. The predicted octanol–water partition coefficient (Wildman–Crippen LogP) is 0.810. The average Bonchev–Trinajstić information content (AvgIpc) is 3.15. The highest BCUT2D eigenvalue weighted by Crippen LogP contribution is 2.23. The van der Waals surface area contributed by atoms with Crippen LogP contribution in [0.1, 0.15) is 5.69 Å². The van der Waals surface area contributed by atoms with Crippen LogP contribution >= 0.6 is 0 Å². The first-order valence-electron chi connectivity index (χ1n) is 8.04. The van der Waals surface area contributed by atoms with E-state index >= 15 is 0 Å². The number of carbonyl (C=O) groups excluding carboxylic acids is 1. The highest BCUT2D eigenvalue weighted by Gasteiger charge is 2.33. The third kappa shape index (κ3) is 3.32. The Bertz CT molecular complexity index is 844. The first-order chi connectivity index (χ1) is 12.3. The van der Waals surface area contributed by atoms with E-state index in [-0.39, 0.29) is 11.8 Å². The number of nitrogens with zero attached hydrogens (tertiary/aromatic N) is 6. The first kappa shape index (κ1) is 15.3. The minimum atomic E-state index is -0.0353. The number of rotatable bonds is 5. The summed E-state index contributed by atoms with van der Waals surface area (Å²) in [4.78, 5) is 27.0. The summed E-state index contributed by atoms with van der Waals surface area (Å²) in [5.74, 6) is 1.52. The number of anilines is 1. The normalized spacial score (nSPS) is 14.2. The van der Waals surface area contributed by atoms with Gasteiger partial charge in [-0.2, -0.15) is 5.10 Å². The molecule has 25 heavy (non-hydrogen) atoms. The van der Waals surface area contributed by atoms with Gasteiger partial charge >= 0.3 is 0 Å². The standard InChI is InChI=1S/C17H17N7O/c25-17(19-9-14-4-1-2-5-18-14)13-10-23(11-13)15-8-16(21-12-20-15)24-7-3-6-22-24/h1-8,12-13H,9-11H2,(H,19,25). The monoisotopic (exact) mass is 335 g/mol. The first-order valence-corrected chi connectivity index (χ1v) is 8.04. The van der Waals surface area contributed by atoms with Crippen LogP contribution in [0.5, 0.6) is 0 Å². The van der Waals surface area contributed by atoms with Crippen molar-refractivity contribution in [2.24, 2.45) is 5.92 Å². The van der Waals surface area contributed by atoms with Crippen molar-refractivity contribution in [3.8, 4) is 5.82 Å². The van der Waals surface area contributed by atoms with Crippen LogP contribution in [0, 0.1) is 5.92 Å². The third-order valence-corrected chi connectivity index (χ3v) is 4.12. The molecule has 0 atom stereocenters. The highest BCUT2D eigenvalue weighted by molar-refractivity contribution is 5.81. The molecule has 1 N–H and O–H groups in total. The van der Waals surface area contributed by atoms with Crippen LogP contribution in [0.15, 0.2) is 55.2 Å². The Hall–Kier alpha value is -3.29. The van der Waals surface area contributed by atoms with Gasteiger partial charge in [0.25, 0.3) is 0 Å². The van der Waals surface area contributed by atoms with E-state index in [4.69, 9.17) is 0 Å². The Balaban J connectivity index is 1.33. The van der Waals surface area contributed by atoms with Crippen molar-refractivity contribution in [2.45, 2.75) is 6.54 Å². The topological polar surface area (TPSA) is 88.8 Å². The van der Waals surface area contributed by atoms with Gasteiger partial charge in [0.2, 0.25) is 5.91 Å². The molecule has 0 bridgehead atoms. The Morgan fingerprint density at radius 2 is 2.00 bits per heavy atom. The minimum absolute atomic E-state index is 0.0353. The number of aromatic nitrogens is 5. The van der Waals surface area contributed by atoms with Crippen LogP contribution in [0.25, 0.3) is 5.82 Å². The van der Waals surface area contributed by atoms with Gasteiger partial charge < -0.3 is 10.2 Å². The summed E-state index contributed by atoms with van der Waals surface area (Å²) in [7, 11) is 0. The van der Waals surface area contributed by atoms with E-state index in [1.165, 1.54) is 6.33 Å². The van der Waals surface area contributed by atoms with Gasteiger partial charge in [0, 0.05) is 37.7 Å². The molecule has 8 nitrogen and oxygen atoms in total. The molecular formula is C17H17N7O. The molecule has 0 saturated carbocycles. The average molecular weight is 335 g/mol. The molecule has 126 valence electrons. The zero-order valence-corrected chi connectivity index (χ0v) is 13.5. The van der Waals surface area contributed by atoms with E-state index in [2.05, 4.69) is 30.3 Å². The second kappa shape index (κ2) is 6.68. The van der Waals surface area contributed by atoms with Crippen LogP contribution in [-0.4, -0.2) is 43.7 Å². The van der Waals surface area contributed by atoms with Gasteiger partial charge in [-0.05, 0) is 18.2 Å². The van der Waals surface area contributed by atoms with Crippen molar-refractivity contribution < 1.29 is 4.79 Å². The van der Waals surface area contributed by atoms with Crippen LogP contribution in [0.4, 0.5) is 5.82 Å². The summed E-state index contributed by atoms with van der Waals surface area (Å²) >= 11 is 0. The van der Waals surface area contributed by atoms with Gasteiger partial charge in [0.1, 0.15) is 12.1 Å². The molecule has 0 aliphatic carbocycles. The summed E-state index contributed by atoms with van der Waals surface area (Å²) in [6, 6.07) is 9.37. The fourth-order valence-corrected chi connectivity index (χ4v) is 2.70. The lowest BCUT2D eigenvalue weighted by molar-refractivity contribution is -0.125. The van der Waals surface area contributed by atoms with Crippen molar-refractivity contribution in [2.75, 3.05) is 18.0 Å². The fourth-order valence-electron chi connectivity index (χ4n) is 2.70. The Morgan fingerprint density at radius 3 is 2.76 bits per heavy atom. The minimum Gasteiger partial charge on any atom is -0.355 e. The van der Waals surface area contributed by atoms with E-state index in [0.29, 0.717) is 25.5 Å². The van der Waals surface area contributed by atoms with Gasteiger partial charge in [-0.1, -0.05) is 6.07 Å². The Labute approximate surface area is 144 Å². The van der Waals surface area contributed by atoms with Gasteiger partial charge in [-0.25, -0.2) is 14.6 Å². The maximum atomic E-state index is 12.2. The molecule has 4 rings (SSSR count). The molecule has 0 aromatic carbocycles. The van der Waals surface area contributed by atoms with E-state index < -0.39 is 0 Å². The molecule has 3 aromatic rings. The third-order valence-electron chi connectivity index (χ3n) is 4.12. The van der Waals surface area contributed by atoms with Gasteiger partial charge in [-0.3, -0.25) is 9.78 Å². The number of amides is 1. The van der Waals surface area contributed by atoms with E-state index in [1.54, 1.807) is 17.1 Å². The molecular weight excluding hydrogens is 318 g/mol. The molecule has 1 aliphatic heterocycles. The maximum absolute atomic E-state index is 12.2. The molecule has 1 saturated heterocycles. The van der Waals surface area contributed by atoms with Crippen LogP contribution in [-0.2, 0) is 11.3 Å².